The summed E-state index contributed by atoms with van der Waals surface area (Å²) in [6, 6.07) is 4.12. The number of carbonyl (C=O) groups excluding carboxylic acids is 1. The fraction of sp³-hybridized carbons (Fsp3) is 0.462. The Morgan fingerprint density at radius 2 is 2.06 bits per heavy atom. The van der Waals surface area contributed by atoms with E-state index in [1.165, 1.54) is 32.4 Å². The highest BCUT2D eigenvalue weighted by molar-refractivity contribution is 5.79. The maximum atomic E-state index is 13.3. The SMILES string of the molecule is COC(=O)C(CN(C)C)c1cc(F)ccc1OC. The summed E-state index contributed by atoms with van der Waals surface area (Å²) in [6.07, 6.45) is 0. The Balaban J connectivity index is 3.18. The first kappa shape index (κ1) is 14.4. The van der Waals surface area contributed by atoms with E-state index in [4.69, 9.17) is 9.47 Å². The number of hydrogen-bond donors (Lipinski definition) is 0. The lowest BCUT2D eigenvalue weighted by Gasteiger charge is -2.21. The van der Waals surface area contributed by atoms with Gasteiger partial charge in [-0.15, -0.1) is 0 Å². The lowest BCUT2D eigenvalue weighted by molar-refractivity contribution is -0.142. The highest BCUT2D eigenvalue weighted by atomic mass is 19.1. The molecule has 5 heteroatoms. The van der Waals surface area contributed by atoms with Gasteiger partial charge in [0.1, 0.15) is 11.6 Å². The molecule has 0 saturated heterocycles. The minimum absolute atomic E-state index is 0.404. The predicted molar refractivity (Wildman–Crippen MR) is 66.3 cm³/mol. The molecule has 0 heterocycles. The number of rotatable bonds is 5. The van der Waals surface area contributed by atoms with Crippen LogP contribution < -0.4 is 4.74 Å². The number of methoxy groups -OCH3 is 2. The first-order valence-corrected chi connectivity index (χ1v) is 5.55. The van der Waals surface area contributed by atoms with Crippen molar-refractivity contribution in [1.29, 1.82) is 0 Å². The van der Waals surface area contributed by atoms with E-state index in [-0.39, 0.29) is 0 Å². The van der Waals surface area contributed by atoms with Crippen LogP contribution in [-0.2, 0) is 9.53 Å². The van der Waals surface area contributed by atoms with E-state index in [0.29, 0.717) is 17.9 Å². The molecule has 0 amide bonds. The molecule has 1 rings (SSSR count). The molecule has 4 nitrogen and oxygen atoms in total. The van der Waals surface area contributed by atoms with E-state index in [1.807, 2.05) is 19.0 Å². The van der Waals surface area contributed by atoms with Crippen LogP contribution in [0, 0.1) is 5.82 Å². The zero-order chi connectivity index (χ0) is 13.7. The minimum Gasteiger partial charge on any atom is -0.496 e. The third-order valence-corrected chi connectivity index (χ3v) is 2.60. The van der Waals surface area contributed by atoms with Crippen molar-refractivity contribution in [1.82, 2.24) is 4.90 Å². The van der Waals surface area contributed by atoms with Crippen LogP contribution in [0.5, 0.6) is 5.75 Å². The maximum absolute atomic E-state index is 13.3. The van der Waals surface area contributed by atoms with Crippen molar-refractivity contribution in [3.63, 3.8) is 0 Å². The number of esters is 1. The van der Waals surface area contributed by atoms with Crippen molar-refractivity contribution in [3.05, 3.63) is 29.6 Å². The number of likely N-dealkylation sites (N-methyl/N-ethyl adjacent to an activating group) is 1. The van der Waals surface area contributed by atoms with Gasteiger partial charge in [0.25, 0.3) is 0 Å². The third-order valence-electron chi connectivity index (χ3n) is 2.60. The fourth-order valence-electron chi connectivity index (χ4n) is 1.78. The van der Waals surface area contributed by atoms with Crippen molar-refractivity contribution in [2.75, 3.05) is 34.9 Å². The van der Waals surface area contributed by atoms with Crippen LogP contribution in [0.2, 0.25) is 0 Å². The molecule has 18 heavy (non-hydrogen) atoms. The van der Waals surface area contributed by atoms with Gasteiger partial charge in [0.15, 0.2) is 0 Å². The van der Waals surface area contributed by atoms with E-state index in [1.54, 1.807) is 0 Å². The monoisotopic (exact) mass is 255 g/mol. The molecule has 0 fully saturated rings. The van der Waals surface area contributed by atoms with Gasteiger partial charge in [-0.25, -0.2) is 4.39 Å². The van der Waals surface area contributed by atoms with Crippen molar-refractivity contribution in [3.8, 4) is 5.75 Å². The maximum Gasteiger partial charge on any atom is 0.314 e. The lowest BCUT2D eigenvalue weighted by Crippen LogP contribution is -2.27. The van der Waals surface area contributed by atoms with Gasteiger partial charge in [0, 0.05) is 12.1 Å². The van der Waals surface area contributed by atoms with Gasteiger partial charge in [-0.3, -0.25) is 4.79 Å². The quantitative estimate of drug-likeness (QED) is 0.750. The molecule has 1 unspecified atom stereocenters. The van der Waals surface area contributed by atoms with Crippen molar-refractivity contribution in [2.24, 2.45) is 0 Å². The van der Waals surface area contributed by atoms with Crippen LogP contribution in [0.15, 0.2) is 18.2 Å². The molecule has 0 aromatic heterocycles. The molecule has 0 aliphatic heterocycles. The molecule has 0 radical (unpaired) electrons. The molecule has 1 aromatic rings. The molecule has 100 valence electrons. The van der Waals surface area contributed by atoms with Crippen LogP contribution in [0.4, 0.5) is 4.39 Å². The zero-order valence-electron chi connectivity index (χ0n) is 11.1. The first-order chi connectivity index (χ1) is 8.49. The average molecular weight is 255 g/mol. The van der Waals surface area contributed by atoms with E-state index in [9.17, 15) is 9.18 Å². The van der Waals surface area contributed by atoms with Crippen LogP contribution in [0.1, 0.15) is 11.5 Å². The van der Waals surface area contributed by atoms with Crippen LogP contribution in [-0.4, -0.2) is 45.7 Å². The van der Waals surface area contributed by atoms with Crippen LogP contribution >= 0.6 is 0 Å². The lowest BCUT2D eigenvalue weighted by atomic mass is 9.97. The van der Waals surface area contributed by atoms with Crippen LogP contribution in [0.25, 0.3) is 0 Å². The molecule has 0 spiro atoms. The molecular weight excluding hydrogens is 237 g/mol. The largest absolute Gasteiger partial charge is 0.496 e. The molecule has 1 atom stereocenters. The van der Waals surface area contributed by atoms with E-state index in [2.05, 4.69) is 0 Å². The Kier molecular flexibility index (Phi) is 5.09. The second kappa shape index (κ2) is 6.35. The Labute approximate surface area is 106 Å². The van der Waals surface area contributed by atoms with Crippen molar-refractivity contribution in [2.45, 2.75) is 5.92 Å². The number of ether oxygens (including phenoxy) is 2. The number of carbonyl (C=O) groups is 1. The zero-order valence-corrected chi connectivity index (χ0v) is 11.1. The summed E-state index contributed by atoms with van der Waals surface area (Å²) in [5, 5.41) is 0. The topological polar surface area (TPSA) is 38.8 Å². The predicted octanol–water partition coefficient (Wildman–Crippen LogP) is 1.65. The summed E-state index contributed by atoms with van der Waals surface area (Å²) in [4.78, 5) is 13.6. The average Bonchev–Trinajstić information content (AvgIpc) is 2.34. The fourth-order valence-corrected chi connectivity index (χ4v) is 1.78. The standard InChI is InChI=1S/C13H18FNO3/c1-15(2)8-11(13(16)18-4)10-7-9(14)5-6-12(10)17-3/h5-7,11H,8H2,1-4H3. The number of benzene rings is 1. The number of nitrogens with zero attached hydrogens (tertiary/aromatic N) is 1. The van der Waals surface area contributed by atoms with Gasteiger partial charge in [-0.1, -0.05) is 0 Å². The number of hydrogen-bond acceptors (Lipinski definition) is 4. The second-order valence-corrected chi connectivity index (χ2v) is 4.22. The highest BCUT2D eigenvalue weighted by Crippen LogP contribution is 2.29. The van der Waals surface area contributed by atoms with Gasteiger partial charge in [0.2, 0.25) is 0 Å². The molecule has 0 aliphatic carbocycles. The van der Waals surface area contributed by atoms with E-state index >= 15 is 0 Å². The third kappa shape index (κ3) is 3.43. The number of halogens is 1. The van der Waals surface area contributed by atoms with Gasteiger partial charge >= 0.3 is 5.97 Å². The molecule has 1 aromatic carbocycles. The van der Waals surface area contributed by atoms with Crippen molar-refractivity contribution >= 4 is 5.97 Å². The summed E-state index contributed by atoms with van der Waals surface area (Å²) in [7, 11) is 6.47. The van der Waals surface area contributed by atoms with Crippen molar-refractivity contribution < 1.29 is 18.7 Å². The Bertz CT molecular complexity index is 421. The summed E-state index contributed by atoms with van der Waals surface area (Å²) >= 11 is 0. The van der Waals surface area contributed by atoms with Gasteiger partial charge in [-0.05, 0) is 32.3 Å². The Morgan fingerprint density at radius 1 is 1.39 bits per heavy atom. The second-order valence-electron chi connectivity index (χ2n) is 4.22. The van der Waals surface area contributed by atoms with Gasteiger partial charge in [-0.2, -0.15) is 0 Å². The highest BCUT2D eigenvalue weighted by Gasteiger charge is 2.25. The summed E-state index contributed by atoms with van der Waals surface area (Å²) in [5.74, 6) is -0.907. The minimum atomic E-state index is -0.573. The summed E-state index contributed by atoms with van der Waals surface area (Å²) in [5.41, 5.74) is 0.498. The first-order valence-electron chi connectivity index (χ1n) is 5.55. The molecular formula is C13H18FNO3. The van der Waals surface area contributed by atoms with Gasteiger partial charge in [0.05, 0.1) is 20.1 Å². The molecule has 0 bridgehead atoms. The summed E-state index contributed by atoms with van der Waals surface area (Å²) in [6.45, 7) is 0.423. The molecule has 0 N–H and O–H groups in total. The summed E-state index contributed by atoms with van der Waals surface area (Å²) < 4.78 is 23.3. The molecule has 0 saturated carbocycles. The van der Waals surface area contributed by atoms with E-state index in [0.717, 1.165) is 0 Å². The van der Waals surface area contributed by atoms with Gasteiger partial charge < -0.3 is 14.4 Å². The Morgan fingerprint density at radius 3 is 2.56 bits per heavy atom. The van der Waals surface area contributed by atoms with E-state index < -0.39 is 17.7 Å². The molecule has 0 aliphatic rings. The smallest absolute Gasteiger partial charge is 0.314 e. The normalized spacial score (nSPS) is 12.3. The van der Waals surface area contributed by atoms with Crippen LogP contribution in [0.3, 0.4) is 0 Å². The Hall–Kier alpha value is -1.62.